The number of benzene rings is 1. The minimum absolute atomic E-state index is 0.0878. The van der Waals surface area contributed by atoms with Crippen LogP contribution in [0.1, 0.15) is 13.3 Å². The second-order valence-electron chi connectivity index (χ2n) is 3.72. The van der Waals surface area contributed by atoms with E-state index < -0.39 is 9.05 Å². The van der Waals surface area contributed by atoms with Gasteiger partial charge >= 0.3 is 0 Å². The highest BCUT2D eigenvalue weighted by atomic mass is 35.7. The smallest absolute Gasteiger partial charge is 0.232 e. The molecule has 0 saturated carbocycles. The van der Waals surface area contributed by atoms with Crippen LogP contribution >= 0.6 is 22.3 Å². The SMILES string of the molecule is CCC(COc1ccccc1Cl)CS(=O)(=O)Cl. The number of hydrogen-bond donors (Lipinski definition) is 0. The van der Waals surface area contributed by atoms with Gasteiger partial charge in [0.1, 0.15) is 5.75 Å². The van der Waals surface area contributed by atoms with Gasteiger partial charge in [0.25, 0.3) is 0 Å². The van der Waals surface area contributed by atoms with Crippen LogP contribution in [0.4, 0.5) is 0 Å². The van der Waals surface area contributed by atoms with E-state index in [0.29, 0.717) is 17.2 Å². The molecule has 1 aromatic rings. The summed E-state index contributed by atoms with van der Waals surface area (Å²) in [6.45, 7) is 2.18. The lowest BCUT2D eigenvalue weighted by Gasteiger charge is -2.14. The van der Waals surface area contributed by atoms with Crippen LogP contribution in [0.25, 0.3) is 0 Å². The molecule has 0 amide bonds. The van der Waals surface area contributed by atoms with Crippen molar-refractivity contribution in [2.75, 3.05) is 12.4 Å². The molecule has 0 bridgehead atoms. The first-order chi connectivity index (χ1) is 7.92. The summed E-state index contributed by atoms with van der Waals surface area (Å²) in [6.07, 6.45) is 0.677. The van der Waals surface area contributed by atoms with Crippen molar-refractivity contribution >= 4 is 31.3 Å². The summed E-state index contributed by atoms with van der Waals surface area (Å²) in [4.78, 5) is 0. The van der Waals surface area contributed by atoms with E-state index >= 15 is 0 Å². The number of hydrogen-bond acceptors (Lipinski definition) is 3. The lowest BCUT2D eigenvalue weighted by molar-refractivity contribution is 0.258. The van der Waals surface area contributed by atoms with Crippen molar-refractivity contribution in [1.82, 2.24) is 0 Å². The lowest BCUT2D eigenvalue weighted by atomic mass is 10.1. The first kappa shape index (κ1) is 14.6. The van der Waals surface area contributed by atoms with Gasteiger partial charge in [-0.25, -0.2) is 8.42 Å². The fraction of sp³-hybridized carbons (Fsp3) is 0.455. The molecule has 0 saturated heterocycles. The van der Waals surface area contributed by atoms with Crippen LogP contribution in [0.2, 0.25) is 5.02 Å². The molecule has 0 fully saturated rings. The summed E-state index contributed by atoms with van der Waals surface area (Å²) < 4.78 is 27.4. The Labute approximate surface area is 111 Å². The largest absolute Gasteiger partial charge is 0.492 e. The summed E-state index contributed by atoms with van der Waals surface area (Å²) in [6, 6.07) is 7.07. The first-order valence-electron chi connectivity index (χ1n) is 5.22. The van der Waals surface area contributed by atoms with E-state index in [-0.39, 0.29) is 18.3 Å². The summed E-state index contributed by atoms with van der Waals surface area (Å²) in [5.41, 5.74) is 0. The number of halogens is 2. The maximum absolute atomic E-state index is 11.0. The van der Waals surface area contributed by atoms with Crippen molar-refractivity contribution < 1.29 is 13.2 Å². The molecule has 0 spiro atoms. The molecule has 0 N–H and O–H groups in total. The normalized spacial score (nSPS) is 13.4. The predicted molar refractivity (Wildman–Crippen MR) is 70.4 cm³/mol. The molecule has 1 atom stereocenters. The van der Waals surface area contributed by atoms with Crippen molar-refractivity contribution in [3.8, 4) is 5.75 Å². The molecule has 1 unspecified atom stereocenters. The Morgan fingerprint density at radius 1 is 1.35 bits per heavy atom. The molecule has 0 aliphatic carbocycles. The summed E-state index contributed by atoms with van der Waals surface area (Å²) in [7, 11) is 1.72. The molecule has 3 nitrogen and oxygen atoms in total. The highest BCUT2D eigenvalue weighted by Crippen LogP contribution is 2.24. The number of rotatable bonds is 6. The van der Waals surface area contributed by atoms with Crippen LogP contribution in [0.3, 0.4) is 0 Å². The van der Waals surface area contributed by atoms with E-state index in [4.69, 9.17) is 27.0 Å². The van der Waals surface area contributed by atoms with Crippen LogP contribution in [-0.2, 0) is 9.05 Å². The molecule has 0 aliphatic heterocycles. The minimum atomic E-state index is -3.49. The highest BCUT2D eigenvalue weighted by molar-refractivity contribution is 8.13. The Balaban J connectivity index is 2.57. The van der Waals surface area contributed by atoms with Crippen LogP contribution in [0, 0.1) is 5.92 Å². The molecule has 1 rings (SSSR count). The molecule has 96 valence electrons. The fourth-order valence-electron chi connectivity index (χ4n) is 1.33. The van der Waals surface area contributed by atoms with Crippen molar-refractivity contribution in [1.29, 1.82) is 0 Å². The van der Waals surface area contributed by atoms with Gasteiger partial charge in [0.15, 0.2) is 0 Å². The second kappa shape index (κ2) is 6.47. The van der Waals surface area contributed by atoms with Crippen LogP contribution in [0.15, 0.2) is 24.3 Å². The topological polar surface area (TPSA) is 43.4 Å². The van der Waals surface area contributed by atoms with Gasteiger partial charge in [-0.2, -0.15) is 0 Å². The molecule has 0 aromatic heterocycles. The molecule has 0 heterocycles. The number of para-hydroxylation sites is 1. The van der Waals surface area contributed by atoms with Crippen molar-refractivity contribution in [2.24, 2.45) is 5.92 Å². The molecule has 17 heavy (non-hydrogen) atoms. The molecule has 0 aliphatic rings. The maximum Gasteiger partial charge on any atom is 0.232 e. The predicted octanol–water partition coefficient (Wildman–Crippen LogP) is 3.31. The quantitative estimate of drug-likeness (QED) is 0.757. The Bertz CT molecular complexity index is 460. The van der Waals surface area contributed by atoms with E-state index in [1.165, 1.54) is 0 Å². The maximum atomic E-state index is 11.0. The monoisotopic (exact) mass is 296 g/mol. The third-order valence-corrected chi connectivity index (χ3v) is 3.88. The second-order valence-corrected chi connectivity index (χ2v) is 6.95. The van der Waals surface area contributed by atoms with Gasteiger partial charge in [-0.15, -0.1) is 0 Å². The summed E-state index contributed by atoms with van der Waals surface area (Å²) in [5, 5.41) is 0.510. The van der Waals surface area contributed by atoms with Crippen LogP contribution in [-0.4, -0.2) is 20.8 Å². The van der Waals surface area contributed by atoms with Gasteiger partial charge in [-0.3, -0.25) is 0 Å². The molecule has 1 aromatic carbocycles. The zero-order chi connectivity index (χ0) is 12.9. The van der Waals surface area contributed by atoms with E-state index in [1.807, 2.05) is 6.92 Å². The van der Waals surface area contributed by atoms with Gasteiger partial charge in [-0.1, -0.05) is 30.7 Å². The third kappa shape index (κ3) is 5.61. The Hall–Kier alpha value is -0.450. The van der Waals surface area contributed by atoms with Crippen molar-refractivity contribution in [3.05, 3.63) is 29.3 Å². The Morgan fingerprint density at radius 2 is 2.00 bits per heavy atom. The average Bonchev–Trinajstić information content (AvgIpc) is 2.24. The summed E-state index contributed by atoms with van der Waals surface area (Å²) in [5.74, 6) is 0.337. The number of ether oxygens (including phenoxy) is 1. The third-order valence-electron chi connectivity index (χ3n) is 2.32. The van der Waals surface area contributed by atoms with E-state index in [1.54, 1.807) is 24.3 Å². The zero-order valence-corrected chi connectivity index (χ0v) is 11.7. The van der Waals surface area contributed by atoms with Crippen LogP contribution < -0.4 is 4.74 Å². The Morgan fingerprint density at radius 3 is 2.53 bits per heavy atom. The van der Waals surface area contributed by atoms with Gasteiger partial charge < -0.3 is 4.74 Å². The van der Waals surface area contributed by atoms with E-state index in [9.17, 15) is 8.42 Å². The first-order valence-corrected chi connectivity index (χ1v) is 8.07. The molecular weight excluding hydrogens is 283 g/mol. The Kier molecular flexibility index (Phi) is 5.56. The summed E-state index contributed by atoms with van der Waals surface area (Å²) >= 11 is 5.91. The average molecular weight is 297 g/mol. The lowest BCUT2D eigenvalue weighted by Crippen LogP contribution is -2.19. The molecule has 6 heteroatoms. The minimum Gasteiger partial charge on any atom is -0.492 e. The highest BCUT2D eigenvalue weighted by Gasteiger charge is 2.16. The van der Waals surface area contributed by atoms with Crippen LogP contribution in [0.5, 0.6) is 5.75 Å². The molecular formula is C11H14Cl2O3S. The molecule has 0 radical (unpaired) electrons. The fourth-order valence-corrected chi connectivity index (χ4v) is 2.95. The zero-order valence-electron chi connectivity index (χ0n) is 9.40. The van der Waals surface area contributed by atoms with E-state index in [0.717, 1.165) is 0 Å². The standard InChI is InChI=1S/C11H14Cl2O3S/c1-2-9(8-17(13,14)15)7-16-11-6-4-3-5-10(11)12/h3-6,9H,2,7-8H2,1H3. The van der Waals surface area contributed by atoms with Gasteiger partial charge in [0, 0.05) is 16.6 Å². The van der Waals surface area contributed by atoms with Gasteiger partial charge in [-0.05, 0) is 18.6 Å². The van der Waals surface area contributed by atoms with Gasteiger partial charge in [0.05, 0.1) is 17.4 Å². The van der Waals surface area contributed by atoms with Crippen molar-refractivity contribution in [3.63, 3.8) is 0 Å². The van der Waals surface area contributed by atoms with Gasteiger partial charge in [0.2, 0.25) is 9.05 Å². The van der Waals surface area contributed by atoms with Crippen molar-refractivity contribution in [2.45, 2.75) is 13.3 Å². The van der Waals surface area contributed by atoms with E-state index in [2.05, 4.69) is 0 Å².